The van der Waals surface area contributed by atoms with Crippen molar-refractivity contribution in [2.75, 3.05) is 0 Å². The van der Waals surface area contributed by atoms with Crippen molar-refractivity contribution in [2.45, 2.75) is 53.2 Å². The first kappa shape index (κ1) is 17.3. The summed E-state index contributed by atoms with van der Waals surface area (Å²) in [6, 6.07) is 10.1. The molecule has 0 fully saturated rings. The second kappa shape index (κ2) is 6.59. The van der Waals surface area contributed by atoms with Crippen LogP contribution in [-0.2, 0) is 13.1 Å². The number of nitrogens with zero attached hydrogens (tertiary/aromatic N) is 1. The zero-order chi connectivity index (χ0) is 17.2. The Bertz CT molecular complexity index is 694. The van der Waals surface area contributed by atoms with Gasteiger partial charge < -0.3 is 15.0 Å². The number of hydrogen-bond donors (Lipinski definition) is 2. The standard InChI is InChI=1S/C19H26N2O2/c1-13-16(11-20-19(3,4)5)17(18(22)23)14(2)21(13)12-15-9-7-6-8-10-15/h6-10,20H,11-12H2,1-5H3,(H,22,23). The van der Waals surface area contributed by atoms with E-state index < -0.39 is 5.97 Å². The van der Waals surface area contributed by atoms with Crippen LogP contribution in [0.3, 0.4) is 0 Å². The Hall–Kier alpha value is -2.07. The zero-order valence-electron chi connectivity index (χ0n) is 14.6. The summed E-state index contributed by atoms with van der Waals surface area (Å²) in [5, 5.41) is 13.0. The Morgan fingerprint density at radius 2 is 1.74 bits per heavy atom. The van der Waals surface area contributed by atoms with Crippen molar-refractivity contribution in [1.29, 1.82) is 0 Å². The molecule has 0 aliphatic rings. The molecular weight excluding hydrogens is 288 g/mol. The average molecular weight is 314 g/mol. The number of carboxylic acid groups (broad SMARTS) is 1. The molecule has 0 aliphatic carbocycles. The first-order valence-corrected chi connectivity index (χ1v) is 7.91. The van der Waals surface area contributed by atoms with E-state index in [1.54, 1.807) is 0 Å². The third kappa shape index (κ3) is 4.02. The van der Waals surface area contributed by atoms with Gasteiger partial charge in [0.2, 0.25) is 0 Å². The summed E-state index contributed by atoms with van der Waals surface area (Å²) in [5.74, 6) is -0.858. The van der Waals surface area contributed by atoms with E-state index in [2.05, 4.69) is 42.8 Å². The van der Waals surface area contributed by atoms with Gasteiger partial charge >= 0.3 is 5.97 Å². The predicted octanol–water partition coefficient (Wildman–Crippen LogP) is 3.74. The van der Waals surface area contributed by atoms with Gasteiger partial charge in [0.05, 0.1) is 5.56 Å². The highest BCUT2D eigenvalue weighted by atomic mass is 16.4. The molecule has 0 spiro atoms. The molecule has 124 valence electrons. The maximum absolute atomic E-state index is 11.7. The quantitative estimate of drug-likeness (QED) is 0.884. The molecule has 1 heterocycles. The minimum atomic E-state index is -0.858. The van der Waals surface area contributed by atoms with Crippen LogP contribution in [0.5, 0.6) is 0 Å². The Morgan fingerprint density at radius 3 is 2.26 bits per heavy atom. The molecule has 0 unspecified atom stereocenters. The molecule has 4 heteroatoms. The largest absolute Gasteiger partial charge is 0.478 e. The van der Waals surface area contributed by atoms with Crippen molar-refractivity contribution < 1.29 is 9.90 Å². The molecule has 1 aromatic carbocycles. The Labute approximate surface area is 138 Å². The summed E-state index contributed by atoms with van der Waals surface area (Å²) in [5.41, 5.74) is 4.24. The lowest BCUT2D eigenvalue weighted by atomic mass is 10.1. The lowest BCUT2D eigenvalue weighted by molar-refractivity contribution is 0.0694. The Morgan fingerprint density at radius 1 is 1.13 bits per heavy atom. The maximum atomic E-state index is 11.7. The third-order valence-corrected chi connectivity index (χ3v) is 4.10. The van der Waals surface area contributed by atoms with Gasteiger partial charge in [-0.1, -0.05) is 30.3 Å². The van der Waals surface area contributed by atoms with Crippen molar-refractivity contribution in [1.82, 2.24) is 9.88 Å². The summed E-state index contributed by atoms with van der Waals surface area (Å²) >= 11 is 0. The summed E-state index contributed by atoms with van der Waals surface area (Å²) < 4.78 is 2.10. The fraction of sp³-hybridized carbons (Fsp3) is 0.421. The van der Waals surface area contributed by atoms with E-state index in [-0.39, 0.29) is 5.54 Å². The Balaban J connectivity index is 2.42. The molecule has 23 heavy (non-hydrogen) atoms. The third-order valence-electron chi connectivity index (χ3n) is 4.10. The fourth-order valence-electron chi connectivity index (χ4n) is 2.81. The van der Waals surface area contributed by atoms with Crippen molar-refractivity contribution in [3.05, 3.63) is 58.4 Å². The van der Waals surface area contributed by atoms with Crippen LogP contribution in [0.25, 0.3) is 0 Å². The molecule has 0 saturated heterocycles. The topological polar surface area (TPSA) is 54.3 Å². The number of rotatable bonds is 5. The minimum Gasteiger partial charge on any atom is -0.478 e. The van der Waals surface area contributed by atoms with E-state index in [0.717, 1.165) is 17.0 Å². The van der Waals surface area contributed by atoms with Gasteiger partial charge in [0.15, 0.2) is 0 Å². The smallest absolute Gasteiger partial charge is 0.337 e. The first-order valence-electron chi connectivity index (χ1n) is 7.91. The van der Waals surface area contributed by atoms with Gasteiger partial charge in [0.1, 0.15) is 0 Å². The highest BCUT2D eigenvalue weighted by Crippen LogP contribution is 2.24. The molecular formula is C19H26N2O2. The van der Waals surface area contributed by atoms with Crippen molar-refractivity contribution >= 4 is 5.97 Å². The van der Waals surface area contributed by atoms with Crippen LogP contribution in [0, 0.1) is 13.8 Å². The van der Waals surface area contributed by atoms with Gasteiger partial charge in [-0.25, -0.2) is 4.79 Å². The maximum Gasteiger partial charge on any atom is 0.337 e. The van der Waals surface area contributed by atoms with Crippen LogP contribution in [-0.4, -0.2) is 21.2 Å². The van der Waals surface area contributed by atoms with Gasteiger partial charge in [-0.05, 0) is 40.2 Å². The molecule has 2 N–H and O–H groups in total. The Kier molecular flexibility index (Phi) is 4.95. The summed E-state index contributed by atoms with van der Waals surface area (Å²) in [7, 11) is 0. The summed E-state index contributed by atoms with van der Waals surface area (Å²) in [6.07, 6.45) is 0. The molecule has 0 aliphatic heterocycles. The van der Waals surface area contributed by atoms with Crippen LogP contribution in [0.2, 0.25) is 0 Å². The molecule has 0 radical (unpaired) electrons. The molecule has 0 bridgehead atoms. The number of carbonyl (C=O) groups is 1. The molecule has 1 aromatic heterocycles. The van der Waals surface area contributed by atoms with Gasteiger partial charge in [-0.2, -0.15) is 0 Å². The molecule has 0 atom stereocenters. The van der Waals surface area contributed by atoms with Crippen molar-refractivity contribution in [3.63, 3.8) is 0 Å². The number of aromatic nitrogens is 1. The lowest BCUT2D eigenvalue weighted by Crippen LogP contribution is -2.35. The van der Waals surface area contributed by atoms with Crippen molar-refractivity contribution in [2.24, 2.45) is 0 Å². The highest BCUT2D eigenvalue weighted by Gasteiger charge is 2.23. The van der Waals surface area contributed by atoms with Crippen LogP contribution >= 0.6 is 0 Å². The van der Waals surface area contributed by atoms with Crippen LogP contribution < -0.4 is 5.32 Å². The van der Waals surface area contributed by atoms with Gasteiger partial charge in [-0.3, -0.25) is 0 Å². The fourth-order valence-corrected chi connectivity index (χ4v) is 2.81. The van der Waals surface area contributed by atoms with Crippen LogP contribution in [0.15, 0.2) is 30.3 Å². The minimum absolute atomic E-state index is 0.0579. The van der Waals surface area contributed by atoms with E-state index in [1.165, 1.54) is 5.56 Å². The summed E-state index contributed by atoms with van der Waals surface area (Å²) in [6.45, 7) is 11.4. The van der Waals surface area contributed by atoms with Crippen LogP contribution in [0.4, 0.5) is 0 Å². The molecule has 0 amide bonds. The van der Waals surface area contributed by atoms with Crippen molar-refractivity contribution in [3.8, 4) is 0 Å². The number of benzene rings is 1. The predicted molar refractivity (Wildman–Crippen MR) is 93.0 cm³/mol. The molecule has 4 nitrogen and oxygen atoms in total. The first-order chi connectivity index (χ1) is 10.7. The van der Waals surface area contributed by atoms with E-state index in [0.29, 0.717) is 18.7 Å². The zero-order valence-corrected chi connectivity index (χ0v) is 14.6. The summed E-state index contributed by atoms with van der Waals surface area (Å²) in [4.78, 5) is 11.7. The second-order valence-corrected chi connectivity index (χ2v) is 7.00. The van der Waals surface area contributed by atoms with Gasteiger partial charge in [-0.15, -0.1) is 0 Å². The number of aromatic carboxylic acids is 1. The molecule has 2 rings (SSSR count). The van der Waals surface area contributed by atoms with E-state index in [4.69, 9.17) is 0 Å². The van der Waals surface area contributed by atoms with E-state index >= 15 is 0 Å². The number of nitrogens with one attached hydrogen (secondary N) is 1. The van der Waals surface area contributed by atoms with E-state index in [9.17, 15) is 9.90 Å². The molecule has 2 aromatic rings. The molecule has 0 saturated carbocycles. The monoisotopic (exact) mass is 314 g/mol. The normalized spacial score (nSPS) is 11.7. The SMILES string of the molecule is Cc1c(CNC(C)(C)C)c(C(=O)O)c(C)n1Cc1ccccc1. The number of carboxylic acids is 1. The lowest BCUT2D eigenvalue weighted by Gasteiger charge is -2.21. The van der Waals surface area contributed by atoms with Gasteiger partial charge in [0.25, 0.3) is 0 Å². The average Bonchev–Trinajstić information content (AvgIpc) is 2.70. The van der Waals surface area contributed by atoms with E-state index in [1.807, 2.05) is 32.0 Å². The number of hydrogen-bond acceptors (Lipinski definition) is 2. The van der Waals surface area contributed by atoms with Crippen LogP contribution in [0.1, 0.15) is 53.6 Å². The highest BCUT2D eigenvalue weighted by molar-refractivity contribution is 5.91. The van der Waals surface area contributed by atoms with Gasteiger partial charge in [0, 0.05) is 35.6 Å². The second-order valence-electron chi connectivity index (χ2n) is 7.00.